The molecule has 1 atom stereocenters. The molecular formula is C10H20N2O4. The maximum Gasteiger partial charge on any atom is 0.404 e. The van der Waals surface area contributed by atoms with E-state index in [9.17, 15) is 9.59 Å². The summed E-state index contributed by atoms with van der Waals surface area (Å²) in [6, 6.07) is -0.0210. The quantitative estimate of drug-likeness (QED) is 0.480. The summed E-state index contributed by atoms with van der Waals surface area (Å²) >= 11 is 0. The first-order valence-electron chi connectivity index (χ1n) is 5.52. The average Bonchev–Trinajstić information content (AvgIpc) is 2.16. The second-order valence-corrected chi connectivity index (χ2v) is 3.66. The molecule has 94 valence electrons. The van der Waals surface area contributed by atoms with Crippen molar-refractivity contribution in [3.05, 3.63) is 0 Å². The Kier molecular flexibility index (Phi) is 8.01. The molecule has 0 radical (unpaired) electrons. The highest BCUT2D eigenvalue weighted by atomic mass is 16.4. The second kappa shape index (κ2) is 8.82. The number of carboxylic acid groups (broad SMARTS) is 2. The summed E-state index contributed by atoms with van der Waals surface area (Å²) in [7, 11) is 0. The maximum absolute atomic E-state index is 10.5. The minimum Gasteiger partial charge on any atom is -0.465 e. The van der Waals surface area contributed by atoms with E-state index in [4.69, 9.17) is 10.2 Å². The van der Waals surface area contributed by atoms with Crippen LogP contribution in [-0.4, -0.2) is 35.0 Å². The molecule has 0 aliphatic heterocycles. The Morgan fingerprint density at radius 3 is 2.31 bits per heavy atom. The van der Waals surface area contributed by atoms with E-state index in [0.717, 1.165) is 32.1 Å². The lowest BCUT2D eigenvalue weighted by Crippen LogP contribution is -2.33. The van der Waals surface area contributed by atoms with Gasteiger partial charge in [-0.1, -0.05) is 13.3 Å². The molecule has 0 spiro atoms. The van der Waals surface area contributed by atoms with Crippen LogP contribution in [0.1, 0.15) is 39.0 Å². The predicted octanol–water partition coefficient (Wildman–Crippen LogP) is 1.86. The minimum atomic E-state index is -1.02. The lowest BCUT2D eigenvalue weighted by atomic mass is 10.1. The Balaban J connectivity index is 3.59. The summed E-state index contributed by atoms with van der Waals surface area (Å²) in [4.78, 5) is 20.6. The van der Waals surface area contributed by atoms with Crippen LogP contribution in [0.5, 0.6) is 0 Å². The van der Waals surface area contributed by atoms with E-state index < -0.39 is 12.2 Å². The molecule has 0 saturated heterocycles. The average molecular weight is 232 g/mol. The van der Waals surface area contributed by atoms with Gasteiger partial charge in [-0.15, -0.1) is 0 Å². The molecule has 4 N–H and O–H groups in total. The van der Waals surface area contributed by atoms with Crippen LogP contribution in [-0.2, 0) is 0 Å². The van der Waals surface area contributed by atoms with Crippen molar-refractivity contribution in [3.8, 4) is 0 Å². The predicted molar refractivity (Wildman–Crippen MR) is 59.7 cm³/mol. The number of amides is 2. The molecule has 0 aromatic carbocycles. The van der Waals surface area contributed by atoms with Gasteiger partial charge in [0.05, 0.1) is 0 Å². The van der Waals surface area contributed by atoms with Gasteiger partial charge in [0, 0.05) is 12.6 Å². The van der Waals surface area contributed by atoms with E-state index >= 15 is 0 Å². The highest BCUT2D eigenvalue weighted by Crippen LogP contribution is 2.06. The van der Waals surface area contributed by atoms with Gasteiger partial charge in [0.15, 0.2) is 0 Å². The van der Waals surface area contributed by atoms with Gasteiger partial charge in [-0.05, 0) is 25.7 Å². The Labute approximate surface area is 95.0 Å². The fraction of sp³-hybridized carbons (Fsp3) is 0.800. The largest absolute Gasteiger partial charge is 0.465 e. The van der Waals surface area contributed by atoms with Crippen LogP contribution in [0.15, 0.2) is 0 Å². The first-order valence-corrected chi connectivity index (χ1v) is 5.52. The Bertz CT molecular complexity index is 221. The summed E-state index contributed by atoms with van der Waals surface area (Å²) in [6.07, 6.45) is 2.02. The standard InChI is InChI=1S/C10H20N2O4/c1-2-5-8(12-10(15)16)6-3-4-7-11-9(13)14/h8,11-12H,2-7H2,1H3,(H,13,14)(H,15,16). The molecule has 0 bridgehead atoms. The third-order valence-corrected chi connectivity index (χ3v) is 2.22. The van der Waals surface area contributed by atoms with E-state index in [1.54, 1.807) is 0 Å². The SMILES string of the molecule is CCCC(CCCCNC(=O)O)NC(=O)O. The van der Waals surface area contributed by atoms with Crippen LogP contribution in [0, 0.1) is 0 Å². The summed E-state index contributed by atoms with van der Waals surface area (Å²) in [6.45, 7) is 2.42. The van der Waals surface area contributed by atoms with Gasteiger partial charge < -0.3 is 20.8 Å². The van der Waals surface area contributed by atoms with Crippen molar-refractivity contribution in [2.75, 3.05) is 6.54 Å². The zero-order valence-corrected chi connectivity index (χ0v) is 9.53. The lowest BCUT2D eigenvalue weighted by molar-refractivity contribution is 0.188. The number of hydrogen-bond donors (Lipinski definition) is 4. The normalized spacial score (nSPS) is 11.8. The highest BCUT2D eigenvalue weighted by Gasteiger charge is 2.09. The molecule has 2 amide bonds. The zero-order valence-electron chi connectivity index (χ0n) is 9.53. The topological polar surface area (TPSA) is 98.7 Å². The number of rotatable bonds is 8. The summed E-state index contributed by atoms with van der Waals surface area (Å²) in [5.74, 6) is 0. The molecule has 0 aromatic rings. The first-order chi connectivity index (χ1) is 7.56. The summed E-state index contributed by atoms with van der Waals surface area (Å²) in [5, 5.41) is 21.6. The number of nitrogens with one attached hydrogen (secondary N) is 2. The van der Waals surface area contributed by atoms with E-state index in [2.05, 4.69) is 10.6 Å². The third-order valence-electron chi connectivity index (χ3n) is 2.22. The Hall–Kier alpha value is -1.46. The van der Waals surface area contributed by atoms with Gasteiger partial charge in [0.2, 0.25) is 0 Å². The zero-order chi connectivity index (χ0) is 12.4. The van der Waals surface area contributed by atoms with Gasteiger partial charge in [-0.25, -0.2) is 9.59 Å². The molecule has 6 heteroatoms. The van der Waals surface area contributed by atoms with Crippen LogP contribution in [0.25, 0.3) is 0 Å². The maximum atomic E-state index is 10.5. The van der Waals surface area contributed by atoms with Crippen molar-refractivity contribution in [1.29, 1.82) is 0 Å². The van der Waals surface area contributed by atoms with Crippen molar-refractivity contribution < 1.29 is 19.8 Å². The van der Waals surface area contributed by atoms with Crippen molar-refractivity contribution in [3.63, 3.8) is 0 Å². The van der Waals surface area contributed by atoms with Gasteiger partial charge >= 0.3 is 12.2 Å². The highest BCUT2D eigenvalue weighted by molar-refractivity contribution is 5.64. The molecule has 0 aliphatic rings. The lowest BCUT2D eigenvalue weighted by Gasteiger charge is -2.15. The molecule has 0 rings (SSSR count). The number of hydrogen-bond acceptors (Lipinski definition) is 2. The molecule has 0 aliphatic carbocycles. The molecule has 1 unspecified atom stereocenters. The van der Waals surface area contributed by atoms with Crippen LogP contribution >= 0.6 is 0 Å². The van der Waals surface area contributed by atoms with E-state index in [1.807, 2.05) is 6.92 Å². The fourth-order valence-corrected chi connectivity index (χ4v) is 1.52. The van der Waals surface area contributed by atoms with Crippen molar-refractivity contribution in [2.45, 2.75) is 45.1 Å². The van der Waals surface area contributed by atoms with Crippen molar-refractivity contribution in [2.24, 2.45) is 0 Å². The van der Waals surface area contributed by atoms with Crippen LogP contribution in [0.2, 0.25) is 0 Å². The van der Waals surface area contributed by atoms with Crippen molar-refractivity contribution >= 4 is 12.2 Å². The fourth-order valence-electron chi connectivity index (χ4n) is 1.52. The smallest absolute Gasteiger partial charge is 0.404 e. The van der Waals surface area contributed by atoms with Gasteiger partial charge in [-0.2, -0.15) is 0 Å². The molecule has 0 heterocycles. The van der Waals surface area contributed by atoms with E-state index in [1.165, 1.54) is 0 Å². The molecule has 0 saturated carbocycles. The van der Waals surface area contributed by atoms with Gasteiger partial charge in [-0.3, -0.25) is 0 Å². The van der Waals surface area contributed by atoms with Gasteiger partial charge in [0.1, 0.15) is 0 Å². The first kappa shape index (κ1) is 14.5. The third kappa shape index (κ3) is 9.11. The van der Waals surface area contributed by atoms with Crippen molar-refractivity contribution in [1.82, 2.24) is 10.6 Å². The Morgan fingerprint density at radius 2 is 1.81 bits per heavy atom. The van der Waals surface area contributed by atoms with Crippen LogP contribution in [0.4, 0.5) is 9.59 Å². The van der Waals surface area contributed by atoms with E-state index in [0.29, 0.717) is 6.54 Å². The molecule has 0 aromatic heterocycles. The van der Waals surface area contributed by atoms with Gasteiger partial charge in [0.25, 0.3) is 0 Å². The summed E-state index contributed by atoms with van der Waals surface area (Å²) < 4.78 is 0. The minimum absolute atomic E-state index is 0.0210. The van der Waals surface area contributed by atoms with Crippen LogP contribution in [0.3, 0.4) is 0 Å². The molecule has 16 heavy (non-hydrogen) atoms. The monoisotopic (exact) mass is 232 g/mol. The molecule has 0 fully saturated rings. The second-order valence-electron chi connectivity index (χ2n) is 3.66. The number of carbonyl (C=O) groups is 2. The van der Waals surface area contributed by atoms with Crippen LogP contribution < -0.4 is 10.6 Å². The van der Waals surface area contributed by atoms with E-state index in [-0.39, 0.29) is 6.04 Å². The summed E-state index contributed by atoms with van der Waals surface area (Å²) in [5.41, 5.74) is 0. The Morgan fingerprint density at radius 1 is 1.12 bits per heavy atom. The molecular weight excluding hydrogens is 212 g/mol. The molecule has 6 nitrogen and oxygen atoms in total. The number of unbranched alkanes of at least 4 members (excludes halogenated alkanes) is 1.